The molecule has 1 fully saturated rings. The van der Waals surface area contributed by atoms with Crippen LogP contribution in [0.25, 0.3) is 11.5 Å². The lowest BCUT2D eigenvalue weighted by Gasteiger charge is -2.39. The smallest absolute Gasteiger partial charge is 0.261 e. The molecule has 3 aromatic rings. The number of halogens is 1. The van der Waals surface area contributed by atoms with Gasteiger partial charge in [-0.25, -0.2) is 4.39 Å². The highest BCUT2D eigenvalue weighted by atomic mass is 19.1. The van der Waals surface area contributed by atoms with Crippen LogP contribution in [-0.4, -0.2) is 53.9 Å². The van der Waals surface area contributed by atoms with E-state index in [2.05, 4.69) is 10.1 Å². The van der Waals surface area contributed by atoms with Crippen molar-refractivity contribution in [3.63, 3.8) is 0 Å². The zero-order chi connectivity index (χ0) is 20.2. The third-order valence-corrected chi connectivity index (χ3v) is 4.64. The van der Waals surface area contributed by atoms with Crippen LogP contribution in [-0.2, 0) is 11.2 Å². The highest BCUT2D eigenvalue weighted by Gasteiger charge is 2.33. The third-order valence-electron chi connectivity index (χ3n) is 4.64. The minimum absolute atomic E-state index is 0.141. The van der Waals surface area contributed by atoms with Gasteiger partial charge in [0.25, 0.3) is 11.8 Å². The molecule has 0 atom stereocenters. The summed E-state index contributed by atoms with van der Waals surface area (Å²) in [6.45, 7) is 1.41. The summed E-state index contributed by atoms with van der Waals surface area (Å²) in [4.78, 5) is 18.5. The summed E-state index contributed by atoms with van der Waals surface area (Å²) in [6, 6.07) is 12.9. The zero-order valence-corrected chi connectivity index (χ0v) is 15.9. The molecule has 4 rings (SSSR count). The normalized spacial score (nSPS) is 13.9. The number of carbonyl (C=O) groups is 1. The number of ether oxygens (including phenoxy) is 2. The van der Waals surface area contributed by atoms with Crippen molar-refractivity contribution in [2.45, 2.75) is 12.5 Å². The Hall–Kier alpha value is -3.26. The lowest BCUT2D eigenvalue weighted by molar-refractivity contribution is 0.0179. The van der Waals surface area contributed by atoms with Crippen LogP contribution in [0.2, 0.25) is 0 Å². The third kappa shape index (κ3) is 4.27. The summed E-state index contributed by atoms with van der Waals surface area (Å²) in [6.07, 6.45) is 0.419. The number of para-hydroxylation sites is 1. The molecular weight excluding hydrogens is 377 g/mol. The topological polar surface area (TPSA) is 77.7 Å². The van der Waals surface area contributed by atoms with E-state index in [4.69, 9.17) is 14.0 Å². The Kier molecular flexibility index (Phi) is 5.53. The molecule has 0 unspecified atom stereocenters. The van der Waals surface area contributed by atoms with Crippen molar-refractivity contribution in [3.05, 3.63) is 65.7 Å². The van der Waals surface area contributed by atoms with Gasteiger partial charge in [-0.1, -0.05) is 17.3 Å². The van der Waals surface area contributed by atoms with Crippen LogP contribution in [0, 0.1) is 5.82 Å². The molecule has 0 bridgehead atoms. The second-order valence-electron chi connectivity index (χ2n) is 6.71. The molecule has 0 N–H and O–H groups in total. The summed E-state index contributed by atoms with van der Waals surface area (Å²) >= 11 is 0. The number of hydrogen-bond donors (Lipinski definition) is 0. The Morgan fingerprint density at radius 3 is 2.72 bits per heavy atom. The fourth-order valence-electron chi connectivity index (χ4n) is 3.04. The van der Waals surface area contributed by atoms with Crippen molar-refractivity contribution >= 4 is 5.91 Å². The Bertz CT molecular complexity index is 984. The number of nitrogens with zero attached hydrogens (tertiary/aromatic N) is 3. The molecule has 2 heterocycles. The van der Waals surface area contributed by atoms with Gasteiger partial charge in [0.05, 0.1) is 25.3 Å². The van der Waals surface area contributed by atoms with E-state index in [1.165, 1.54) is 24.3 Å². The Morgan fingerprint density at radius 1 is 1.21 bits per heavy atom. The number of amides is 1. The van der Waals surface area contributed by atoms with Crippen LogP contribution >= 0.6 is 0 Å². The number of rotatable bonds is 7. The molecule has 0 spiro atoms. The Labute approximate surface area is 167 Å². The van der Waals surface area contributed by atoms with E-state index < -0.39 is 0 Å². The number of carbonyl (C=O) groups excluding carboxylic acids is 1. The molecule has 1 saturated heterocycles. The van der Waals surface area contributed by atoms with Crippen molar-refractivity contribution in [3.8, 4) is 17.2 Å². The Morgan fingerprint density at radius 2 is 1.97 bits per heavy atom. The highest BCUT2D eigenvalue weighted by molar-refractivity contribution is 5.94. The van der Waals surface area contributed by atoms with E-state index in [1.54, 1.807) is 12.0 Å². The van der Waals surface area contributed by atoms with Gasteiger partial charge in [-0.3, -0.25) is 4.79 Å². The first-order valence-electron chi connectivity index (χ1n) is 9.26. The van der Waals surface area contributed by atoms with Gasteiger partial charge in [-0.05, 0) is 36.4 Å². The average Bonchev–Trinajstić information content (AvgIpc) is 3.18. The molecule has 8 heteroatoms. The number of hydrogen-bond acceptors (Lipinski definition) is 6. The first kappa shape index (κ1) is 19.1. The summed E-state index contributed by atoms with van der Waals surface area (Å²) in [7, 11) is 1.62. The van der Waals surface area contributed by atoms with Crippen LogP contribution in [0.4, 0.5) is 4.39 Å². The summed E-state index contributed by atoms with van der Waals surface area (Å²) in [5.41, 5.74) is 1.16. The maximum absolute atomic E-state index is 13.0. The van der Waals surface area contributed by atoms with Crippen LogP contribution in [0.15, 0.2) is 53.1 Å². The summed E-state index contributed by atoms with van der Waals surface area (Å²) < 4.78 is 29.5. The van der Waals surface area contributed by atoms with Gasteiger partial charge in [-0.15, -0.1) is 0 Å². The maximum atomic E-state index is 13.0. The lowest BCUT2D eigenvalue weighted by Crippen LogP contribution is -2.56. The quantitative estimate of drug-likeness (QED) is 0.610. The van der Waals surface area contributed by atoms with Crippen molar-refractivity contribution in [2.75, 3.05) is 26.8 Å². The summed E-state index contributed by atoms with van der Waals surface area (Å²) in [5, 5.41) is 3.96. The van der Waals surface area contributed by atoms with Gasteiger partial charge >= 0.3 is 0 Å². The van der Waals surface area contributed by atoms with E-state index in [9.17, 15) is 9.18 Å². The van der Waals surface area contributed by atoms with Gasteiger partial charge < -0.3 is 18.9 Å². The van der Waals surface area contributed by atoms with Gasteiger partial charge in [0, 0.05) is 19.1 Å². The predicted octanol–water partition coefficient (Wildman–Crippen LogP) is 2.97. The monoisotopic (exact) mass is 397 g/mol. The molecule has 0 saturated carbocycles. The Balaban J connectivity index is 1.39. The fourth-order valence-corrected chi connectivity index (χ4v) is 3.04. The highest BCUT2D eigenvalue weighted by Crippen LogP contribution is 2.31. The largest absolute Gasteiger partial charge is 0.486 e. The van der Waals surface area contributed by atoms with Gasteiger partial charge in [0.2, 0.25) is 0 Å². The molecule has 1 aliphatic heterocycles. The van der Waals surface area contributed by atoms with E-state index in [1.807, 2.05) is 24.3 Å². The second-order valence-corrected chi connectivity index (χ2v) is 6.71. The molecule has 29 heavy (non-hydrogen) atoms. The van der Waals surface area contributed by atoms with Gasteiger partial charge in [-0.2, -0.15) is 4.98 Å². The van der Waals surface area contributed by atoms with E-state index in [-0.39, 0.29) is 17.8 Å². The molecule has 1 aliphatic rings. The van der Waals surface area contributed by atoms with Crippen molar-refractivity contribution in [1.82, 2.24) is 15.0 Å². The molecule has 0 radical (unpaired) electrons. The molecule has 7 nitrogen and oxygen atoms in total. The van der Waals surface area contributed by atoms with Gasteiger partial charge in [0.1, 0.15) is 17.7 Å². The minimum atomic E-state index is -0.366. The van der Waals surface area contributed by atoms with Crippen LogP contribution in [0.3, 0.4) is 0 Å². The van der Waals surface area contributed by atoms with Crippen LogP contribution in [0.5, 0.6) is 5.75 Å². The molecular formula is C21H20FN3O4. The molecule has 1 aromatic heterocycles. The zero-order valence-electron chi connectivity index (χ0n) is 15.9. The predicted molar refractivity (Wildman–Crippen MR) is 102 cm³/mol. The maximum Gasteiger partial charge on any atom is 0.261 e. The van der Waals surface area contributed by atoms with Crippen LogP contribution < -0.4 is 4.74 Å². The lowest BCUT2D eigenvalue weighted by atomic mass is 10.1. The molecule has 1 amide bonds. The van der Waals surface area contributed by atoms with E-state index >= 15 is 0 Å². The number of likely N-dealkylation sites (tertiary alicyclic amines) is 1. The summed E-state index contributed by atoms with van der Waals surface area (Å²) in [5.74, 6) is 1.06. The van der Waals surface area contributed by atoms with E-state index in [0.717, 1.165) is 0 Å². The van der Waals surface area contributed by atoms with Gasteiger partial charge in [0.15, 0.2) is 5.82 Å². The number of aromatic nitrogens is 2. The second kappa shape index (κ2) is 8.40. The van der Waals surface area contributed by atoms with Crippen molar-refractivity contribution < 1.29 is 23.2 Å². The van der Waals surface area contributed by atoms with Crippen LogP contribution in [0.1, 0.15) is 16.2 Å². The number of benzene rings is 2. The first-order valence-corrected chi connectivity index (χ1v) is 9.26. The van der Waals surface area contributed by atoms with Crippen molar-refractivity contribution in [1.29, 1.82) is 0 Å². The fraction of sp³-hybridized carbons (Fsp3) is 0.286. The average molecular weight is 397 g/mol. The SMILES string of the molecule is COCCc1noc(-c2ccccc2OC2CN(C(=O)c3ccc(F)cc3)C2)n1. The number of methoxy groups -OCH3 is 1. The molecule has 150 valence electrons. The van der Waals surface area contributed by atoms with Crippen molar-refractivity contribution in [2.24, 2.45) is 0 Å². The minimum Gasteiger partial charge on any atom is -0.486 e. The van der Waals surface area contributed by atoms with E-state index in [0.29, 0.717) is 54.7 Å². The first-order chi connectivity index (χ1) is 14.1. The molecule has 2 aromatic carbocycles. The standard InChI is InChI=1S/C21H20FN3O4/c1-27-11-10-19-23-20(29-24-19)17-4-2-3-5-18(17)28-16-12-25(13-16)21(26)14-6-8-15(22)9-7-14/h2-9,16H,10-13H2,1H3. The molecule has 0 aliphatic carbocycles.